The second kappa shape index (κ2) is 10.9. The summed E-state index contributed by atoms with van der Waals surface area (Å²) in [6.45, 7) is 0. The number of methoxy groups -OCH3 is 2. The average molecular weight is 530 g/mol. The molecule has 4 nitrogen and oxygen atoms in total. The first kappa shape index (κ1) is 23.6. The van der Waals surface area contributed by atoms with Gasteiger partial charge >= 0.3 is 0 Å². The van der Waals surface area contributed by atoms with Crippen molar-refractivity contribution in [1.29, 1.82) is 0 Å². The number of ether oxygens (including phenoxy) is 2. The van der Waals surface area contributed by atoms with Crippen LogP contribution in [0, 0.1) is 0 Å². The van der Waals surface area contributed by atoms with Gasteiger partial charge < -0.3 is 43.4 Å². The summed E-state index contributed by atoms with van der Waals surface area (Å²) < 4.78 is 14.6. The normalized spacial score (nSPS) is 9.80. The van der Waals surface area contributed by atoms with E-state index in [9.17, 15) is 0 Å². The Morgan fingerprint density at radius 1 is 0.467 bits per heavy atom. The SMILES string of the molecule is COc1ccc(-[n+]2ccc(-c3cc[n+](-c4ccc(OC)cc4)cc3)cc2)cc1.[Br-].[Br-]. The van der Waals surface area contributed by atoms with Crippen LogP contribution in [0.25, 0.3) is 22.5 Å². The number of aromatic nitrogens is 2. The van der Waals surface area contributed by atoms with E-state index in [4.69, 9.17) is 9.47 Å². The summed E-state index contributed by atoms with van der Waals surface area (Å²) in [5, 5.41) is 0. The van der Waals surface area contributed by atoms with E-state index in [1.165, 1.54) is 11.1 Å². The van der Waals surface area contributed by atoms with E-state index in [0.717, 1.165) is 22.9 Å². The van der Waals surface area contributed by atoms with Crippen LogP contribution in [0.15, 0.2) is 97.6 Å². The molecule has 0 atom stereocenters. The van der Waals surface area contributed by atoms with E-state index in [1.807, 2.05) is 48.5 Å². The number of hydrogen-bond acceptors (Lipinski definition) is 2. The van der Waals surface area contributed by atoms with Crippen molar-refractivity contribution in [3.05, 3.63) is 97.6 Å². The van der Waals surface area contributed by atoms with E-state index in [1.54, 1.807) is 14.2 Å². The Morgan fingerprint density at radius 2 is 0.767 bits per heavy atom. The molecule has 2 aromatic heterocycles. The molecule has 154 valence electrons. The summed E-state index contributed by atoms with van der Waals surface area (Å²) in [6, 6.07) is 24.5. The summed E-state index contributed by atoms with van der Waals surface area (Å²) in [5.41, 5.74) is 4.54. The number of halogens is 2. The second-order valence-electron chi connectivity index (χ2n) is 6.38. The first-order valence-corrected chi connectivity index (χ1v) is 9.09. The Balaban J connectivity index is 0.00000160. The number of nitrogens with zero attached hydrogens (tertiary/aromatic N) is 2. The third-order valence-corrected chi connectivity index (χ3v) is 4.73. The van der Waals surface area contributed by atoms with E-state index >= 15 is 0 Å². The van der Waals surface area contributed by atoms with Crippen LogP contribution >= 0.6 is 0 Å². The fraction of sp³-hybridized carbons (Fsp3) is 0.0833. The maximum Gasteiger partial charge on any atom is 0.210 e. The predicted octanol–water partition coefficient (Wildman–Crippen LogP) is -2.07. The molecule has 0 aliphatic rings. The first-order chi connectivity index (χ1) is 13.8. The molecule has 6 heteroatoms. The van der Waals surface area contributed by atoms with Gasteiger partial charge in [0.1, 0.15) is 11.5 Å². The van der Waals surface area contributed by atoms with Crippen molar-refractivity contribution in [2.45, 2.75) is 0 Å². The minimum atomic E-state index is 0. The molecular weight excluding hydrogens is 508 g/mol. The van der Waals surface area contributed by atoms with Crippen molar-refractivity contribution in [2.24, 2.45) is 0 Å². The molecule has 0 saturated heterocycles. The van der Waals surface area contributed by atoms with Crippen LogP contribution in [0.5, 0.6) is 11.5 Å². The minimum absolute atomic E-state index is 0. The maximum atomic E-state index is 5.22. The highest BCUT2D eigenvalue weighted by Gasteiger charge is 2.09. The van der Waals surface area contributed by atoms with Gasteiger partial charge in [0.05, 0.1) is 14.2 Å². The molecule has 2 heterocycles. The highest BCUT2D eigenvalue weighted by atomic mass is 79.9. The molecule has 0 aliphatic carbocycles. The molecule has 4 rings (SSSR count). The molecular formula is C24H22Br2N2O2. The lowest BCUT2D eigenvalue weighted by Crippen LogP contribution is -3.00. The van der Waals surface area contributed by atoms with Crippen LogP contribution in [0.3, 0.4) is 0 Å². The van der Waals surface area contributed by atoms with Gasteiger partial charge in [-0.05, 0) is 35.4 Å². The number of hydrogen-bond donors (Lipinski definition) is 0. The smallest absolute Gasteiger partial charge is 0.210 e. The van der Waals surface area contributed by atoms with E-state index in [2.05, 4.69) is 58.2 Å². The zero-order valence-corrected chi connectivity index (χ0v) is 19.9. The molecule has 0 spiro atoms. The number of benzene rings is 2. The van der Waals surface area contributed by atoms with Crippen LogP contribution in [0.2, 0.25) is 0 Å². The van der Waals surface area contributed by atoms with Gasteiger partial charge in [0.15, 0.2) is 24.8 Å². The summed E-state index contributed by atoms with van der Waals surface area (Å²) >= 11 is 0. The largest absolute Gasteiger partial charge is 1.00 e. The van der Waals surface area contributed by atoms with Crippen LogP contribution in [0.1, 0.15) is 0 Å². The predicted molar refractivity (Wildman–Crippen MR) is 108 cm³/mol. The van der Waals surface area contributed by atoms with Crippen molar-refractivity contribution in [3.63, 3.8) is 0 Å². The molecule has 0 radical (unpaired) electrons. The lowest BCUT2D eigenvalue weighted by molar-refractivity contribution is -0.596. The molecule has 0 amide bonds. The molecule has 0 bridgehead atoms. The second-order valence-corrected chi connectivity index (χ2v) is 6.38. The van der Waals surface area contributed by atoms with Gasteiger partial charge in [-0.2, -0.15) is 9.13 Å². The Kier molecular flexibility index (Phi) is 8.57. The Bertz CT molecular complexity index is 961. The van der Waals surface area contributed by atoms with Gasteiger partial charge in [-0.25, -0.2) is 0 Å². The Hall–Kier alpha value is -2.70. The molecule has 0 fully saturated rings. The Labute approximate surface area is 197 Å². The summed E-state index contributed by atoms with van der Waals surface area (Å²) in [7, 11) is 3.35. The highest BCUT2D eigenvalue weighted by molar-refractivity contribution is 5.61. The fourth-order valence-electron chi connectivity index (χ4n) is 3.09. The van der Waals surface area contributed by atoms with Gasteiger partial charge in [0, 0.05) is 48.5 Å². The van der Waals surface area contributed by atoms with Gasteiger partial charge in [0.25, 0.3) is 0 Å². The van der Waals surface area contributed by atoms with Crippen molar-refractivity contribution in [3.8, 4) is 34.0 Å². The van der Waals surface area contributed by atoms with Crippen molar-refractivity contribution < 1.29 is 52.6 Å². The van der Waals surface area contributed by atoms with E-state index in [0.29, 0.717) is 0 Å². The van der Waals surface area contributed by atoms with Crippen LogP contribution < -0.4 is 52.6 Å². The standard InChI is InChI=1S/C24H22N2O2.2BrH/c1-27-23-7-3-21(4-8-23)25-15-11-19(12-16-25)20-13-17-26(18-14-20)22-5-9-24(28-2)10-6-22;;/h3-18H,1-2H3;2*1H/q+2;;/p-2. The summed E-state index contributed by atoms with van der Waals surface area (Å²) in [6.07, 6.45) is 8.28. The van der Waals surface area contributed by atoms with Gasteiger partial charge in [-0.3, -0.25) is 0 Å². The highest BCUT2D eigenvalue weighted by Crippen LogP contribution is 2.18. The molecule has 4 aromatic rings. The quantitative estimate of drug-likeness (QED) is 0.278. The molecule has 0 N–H and O–H groups in total. The fourth-order valence-corrected chi connectivity index (χ4v) is 3.09. The number of rotatable bonds is 5. The monoisotopic (exact) mass is 528 g/mol. The molecule has 2 aromatic carbocycles. The minimum Gasteiger partial charge on any atom is -1.00 e. The Morgan fingerprint density at radius 3 is 1.03 bits per heavy atom. The summed E-state index contributed by atoms with van der Waals surface area (Å²) in [4.78, 5) is 0. The van der Waals surface area contributed by atoms with E-state index < -0.39 is 0 Å². The van der Waals surface area contributed by atoms with Crippen LogP contribution in [-0.2, 0) is 0 Å². The summed E-state index contributed by atoms with van der Waals surface area (Å²) in [5.74, 6) is 1.71. The van der Waals surface area contributed by atoms with Crippen LogP contribution in [0.4, 0.5) is 0 Å². The lowest BCUT2D eigenvalue weighted by atomic mass is 10.1. The topological polar surface area (TPSA) is 26.2 Å². The number of pyridine rings is 2. The maximum absolute atomic E-state index is 5.22. The molecule has 30 heavy (non-hydrogen) atoms. The van der Waals surface area contributed by atoms with Crippen molar-refractivity contribution in [2.75, 3.05) is 14.2 Å². The molecule has 0 aliphatic heterocycles. The first-order valence-electron chi connectivity index (χ1n) is 9.09. The van der Waals surface area contributed by atoms with Crippen molar-refractivity contribution >= 4 is 0 Å². The van der Waals surface area contributed by atoms with Crippen LogP contribution in [-0.4, -0.2) is 14.2 Å². The third kappa shape index (κ3) is 5.26. The lowest BCUT2D eigenvalue weighted by Gasteiger charge is -2.03. The van der Waals surface area contributed by atoms with Crippen molar-refractivity contribution in [1.82, 2.24) is 0 Å². The average Bonchev–Trinajstić information content (AvgIpc) is 2.79. The molecule has 0 unspecified atom stereocenters. The van der Waals surface area contributed by atoms with Gasteiger partial charge in [-0.15, -0.1) is 0 Å². The zero-order chi connectivity index (χ0) is 19.3. The third-order valence-electron chi connectivity index (χ3n) is 4.73. The van der Waals surface area contributed by atoms with Gasteiger partial charge in [0.2, 0.25) is 11.4 Å². The van der Waals surface area contributed by atoms with E-state index in [-0.39, 0.29) is 34.0 Å². The zero-order valence-electron chi connectivity index (χ0n) is 16.7. The van der Waals surface area contributed by atoms with Gasteiger partial charge in [-0.1, -0.05) is 0 Å². The molecule has 0 saturated carbocycles.